The van der Waals surface area contributed by atoms with Gasteiger partial charge in [0.2, 0.25) is 0 Å². The van der Waals surface area contributed by atoms with Crippen LogP contribution in [0.3, 0.4) is 0 Å². The van der Waals surface area contributed by atoms with Gasteiger partial charge in [-0.05, 0) is 42.0 Å². The maximum atomic E-state index is 12.3. The highest BCUT2D eigenvalue weighted by Crippen LogP contribution is 2.13. The highest BCUT2D eigenvalue weighted by atomic mass is 16.6. The van der Waals surface area contributed by atoms with Gasteiger partial charge in [0.1, 0.15) is 18.2 Å². The summed E-state index contributed by atoms with van der Waals surface area (Å²) in [6.45, 7) is 0.0181. The van der Waals surface area contributed by atoms with Crippen LogP contribution in [0.5, 0.6) is 5.75 Å². The van der Waals surface area contributed by atoms with E-state index in [9.17, 15) is 14.4 Å². The Balaban J connectivity index is 1.36. The number of benzene rings is 2. The molecule has 8 nitrogen and oxygen atoms in total. The summed E-state index contributed by atoms with van der Waals surface area (Å²) in [5.41, 5.74) is 7.55. The van der Waals surface area contributed by atoms with Crippen LogP contribution in [0.25, 0.3) is 0 Å². The standard InChI is InChI=1S/C25H25N3O5/c26-24-8-4-7-20(28-24)13-21(29)14-27-15-23(30)19-9-11-22(12-10-19)32-17-25(31)33-16-18-5-2-1-3-6-18/h1-12,27H,13-17H2,(H2,26,28). The van der Waals surface area contributed by atoms with E-state index in [0.29, 0.717) is 22.8 Å². The van der Waals surface area contributed by atoms with Gasteiger partial charge in [-0.15, -0.1) is 0 Å². The second kappa shape index (κ2) is 12.1. The van der Waals surface area contributed by atoms with E-state index >= 15 is 0 Å². The lowest BCUT2D eigenvalue weighted by atomic mass is 10.1. The molecule has 1 aromatic heterocycles. The molecule has 0 aliphatic heterocycles. The molecule has 3 N–H and O–H groups in total. The van der Waals surface area contributed by atoms with Gasteiger partial charge >= 0.3 is 5.97 Å². The van der Waals surface area contributed by atoms with Crippen molar-refractivity contribution in [3.05, 3.63) is 89.6 Å². The van der Waals surface area contributed by atoms with Gasteiger partial charge in [0.05, 0.1) is 25.2 Å². The molecule has 0 spiro atoms. The summed E-state index contributed by atoms with van der Waals surface area (Å²) in [5.74, 6) is 0.0599. The van der Waals surface area contributed by atoms with E-state index in [-0.39, 0.29) is 44.3 Å². The summed E-state index contributed by atoms with van der Waals surface area (Å²) in [7, 11) is 0. The summed E-state index contributed by atoms with van der Waals surface area (Å²) in [6.07, 6.45) is 0.145. The quantitative estimate of drug-likeness (QED) is 0.321. The maximum Gasteiger partial charge on any atom is 0.344 e. The number of nitrogens with one attached hydrogen (secondary N) is 1. The molecule has 0 aliphatic rings. The highest BCUT2D eigenvalue weighted by molar-refractivity contribution is 5.98. The van der Waals surface area contributed by atoms with Crippen molar-refractivity contribution in [3.63, 3.8) is 0 Å². The van der Waals surface area contributed by atoms with E-state index in [0.717, 1.165) is 5.56 Å². The van der Waals surface area contributed by atoms with Crippen LogP contribution in [0.1, 0.15) is 21.6 Å². The number of aromatic nitrogens is 1. The Bertz CT molecular complexity index is 1080. The number of nitrogen functional groups attached to an aromatic ring is 1. The predicted molar refractivity (Wildman–Crippen MR) is 123 cm³/mol. The van der Waals surface area contributed by atoms with Crippen LogP contribution < -0.4 is 15.8 Å². The van der Waals surface area contributed by atoms with Gasteiger partial charge in [-0.2, -0.15) is 0 Å². The summed E-state index contributed by atoms with van der Waals surface area (Å²) in [5, 5.41) is 2.85. The Morgan fingerprint density at radius 3 is 2.36 bits per heavy atom. The van der Waals surface area contributed by atoms with Gasteiger partial charge in [-0.25, -0.2) is 9.78 Å². The first-order valence-corrected chi connectivity index (χ1v) is 10.4. The van der Waals surface area contributed by atoms with Crippen molar-refractivity contribution in [2.75, 3.05) is 25.4 Å². The van der Waals surface area contributed by atoms with Crippen molar-refractivity contribution in [2.24, 2.45) is 0 Å². The number of rotatable bonds is 12. The van der Waals surface area contributed by atoms with Crippen LogP contribution in [0.15, 0.2) is 72.8 Å². The molecule has 0 aliphatic carbocycles. The van der Waals surface area contributed by atoms with Crippen LogP contribution in [-0.4, -0.2) is 42.2 Å². The minimum Gasteiger partial charge on any atom is -0.482 e. The molecule has 0 amide bonds. The van der Waals surface area contributed by atoms with Gasteiger partial charge in [0, 0.05) is 5.56 Å². The molecule has 0 saturated carbocycles. The lowest BCUT2D eigenvalue weighted by Crippen LogP contribution is -2.29. The smallest absolute Gasteiger partial charge is 0.344 e. The van der Waals surface area contributed by atoms with E-state index in [1.807, 2.05) is 30.3 Å². The molecule has 0 bridgehead atoms. The van der Waals surface area contributed by atoms with E-state index in [2.05, 4.69) is 10.3 Å². The Morgan fingerprint density at radius 1 is 0.879 bits per heavy atom. The van der Waals surface area contributed by atoms with Crippen LogP contribution in [0, 0.1) is 0 Å². The van der Waals surface area contributed by atoms with Gasteiger partial charge < -0.3 is 20.5 Å². The first-order valence-electron chi connectivity index (χ1n) is 10.4. The summed E-state index contributed by atoms with van der Waals surface area (Å²) in [4.78, 5) is 40.2. The van der Waals surface area contributed by atoms with Crippen LogP contribution >= 0.6 is 0 Å². The number of ketones is 2. The monoisotopic (exact) mass is 447 g/mol. The van der Waals surface area contributed by atoms with Crippen LogP contribution in [0.4, 0.5) is 5.82 Å². The number of carbonyl (C=O) groups is 3. The molecular formula is C25H25N3O5. The highest BCUT2D eigenvalue weighted by Gasteiger charge is 2.10. The third-order valence-corrected chi connectivity index (χ3v) is 4.59. The fourth-order valence-corrected chi connectivity index (χ4v) is 2.94. The number of carbonyl (C=O) groups excluding carboxylic acids is 3. The molecule has 3 aromatic rings. The number of hydrogen-bond acceptors (Lipinski definition) is 8. The van der Waals surface area contributed by atoms with Gasteiger partial charge in [0.15, 0.2) is 18.2 Å². The molecule has 0 atom stereocenters. The Labute approximate surface area is 191 Å². The minimum absolute atomic E-state index is 0.0160. The fraction of sp³-hybridized carbons (Fsp3) is 0.200. The topological polar surface area (TPSA) is 121 Å². The molecule has 170 valence electrons. The van der Waals surface area contributed by atoms with Crippen molar-refractivity contribution in [1.29, 1.82) is 0 Å². The zero-order valence-corrected chi connectivity index (χ0v) is 18.0. The molecule has 3 rings (SSSR count). The number of pyridine rings is 1. The maximum absolute atomic E-state index is 12.3. The Kier molecular flexibility index (Phi) is 8.67. The number of nitrogens with two attached hydrogens (primary N) is 1. The SMILES string of the molecule is Nc1cccc(CC(=O)CNCC(=O)c2ccc(OCC(=O)OCc3ccccc3)cc2)n1. The number of hydrogen-bond donors (Lipinski definition) is 2. The van der Waals surface area contributed by atoms with Crippen LogP contribution in [-0.2, 0) is 27.4 Å². The molecule has 1 heterocycles. The van der Waals surface area contributed by atoms with E-state index in [1.165, 1.54) is 0 Å². The average Bonchev–Trinajstić information content (AvgIpc) is 2.82. The van der Waals surface area contributed by atoms with Gasteiger partial charge in [0.25, 0.3) is 0 Å². The van der Waals surface area contributed by atoms with Crippen molar-refractivity contribution in [3.8, 4) is 5.75 Å². The van der Waals surface area contributed by atoms with Gasteiger partial charge in [-0.1, -0.05) is 36.4 Å². The lowest BCUT2D eigenvalue weighted by molar-refractivity contribution is -0.147. The van der Waals surface area contributed by atoms with Crippen molar-refractivity contribution in [1.82, 2.24) is 10.3 Å². The third kappa shape index (κ3) is 8.19. The Hall–Kier alpha value is -4.04. The average molecular weight is 447 g/mol. The van der Waals surface area contributed by atoms with E-state index in [4.69, 9.17) is 15.2 Å². The predicted octanol–water partition coefficient (Wildman–Crippen LogP) is 2.37. The molecule has 0 fully saturated rings. The molecule has 0 radical (unpaired) electrons. The Morgan fingerprint density at radius 2 is 1.64 bits per heavy atom. The first-order chi connectivity index (χ1) is 16.0. The number of Topliss-reactive ketones (excluding diaryl/α,β-unsaturated/α-hetero) is 2. The summed E-state index contributed by atoms with van der Waals surface area (Å²) < 4.78 is 10.6. The number of nitrogens with zero attached hydrogens (tertiary/aromatic N) is 1. The molecular weight excluding hydrogens is 422 g/mol. The zero-order valence-electron chi connectivity index (χ0n) is 18.0. The normalized spacial score (nSPS) is 10.4. The number of esters is 1. The molecule has 2 aromatic carbocycles. The summed E-state index contributed by atoms with van der Waals surface area (Å²) in [6, 6.07) is 20.9. The first kappa shape index (κ1) is 23.6. The number of ether oxygens (including phenoxy) is 2. The molecule has 0 saturated heterocycles. The second-order valence-corrected chi connectivity index (χ2v) is 7.26. The van der Waals surface area contributed by atoms with E-state index < -0.39 is 5.97 Å². The molecule has 8 heteroatoms. The molecule has 0 unspecified atom stereocenters. The van der Waals surface area contributed by atoms with Crippen molar-refractivity contribution in [2.45, 2.75) is 13.0 Å². The largest absolute Gasteiger partial charge is 0.482 e. The van der Waals surface area contributed by atoms with Gasteiger partial charge in [-0.3, -0.25) is 9.59 Å². The van der Waals surface area contributed by atoms with Crippen molar-refractivity contribution >= 4 is 23.4 Å². The lowest BCUT2D eigenvalue weighted by Gasteiger charge is -2.08. The summed E-state index contributed by atoms with van der Waals surface area (Å²) >= 11 is 0. The molecule has 33 heavy (non-hydrogen) atoms. The number of anilines is 1. The fourth-order valence-electron chi connectivity index (χ4n) is 2.94. The second-order valence-electron chi connectivity index (χ2n) is 7.26. The zero-order chi connectivity index (χ0) is 23.5. The third-order valence-electron chi connectivity index (χ3n) is 4.59. The van der Waals surface area contributed by atoms with Crippen molar-refractivity contribution < 1.29 is 23.9 Å². The van der Waals surface area contributed by atoms with E-state index in [1.54, 1.807) is 42.5 Å². The van der Waals surface area contributed by atoms with Crippen LogP contribution in [0.2, 0.25) is 0 Å². The minimum atomic E-state index is -0.485.